The number of rotatable bonds is 31. The molecule has 33 heteroatoms. The Morgan fingerprint density at radius 3 is 1.69 bits per heavy atom. The molecule has 0 bridgehead atoms. The Bertz CT molecular complexity index is 2300. The Hall–Kier alpha value is -6.65. The molecule has 32 nitrogen and oxygen atoms in total. The number of halogens is 1. The van der Waals surface area contributed by atoms with E-state index < -0.39 is 181 Å². The lowest BCUT2D eigenvalue weighted by atomic mass is 10.0. The highest BCUT2D eigenvalue weighted by Gasteiger charge is 2.41. The van der Waals surface area contributed by atoms with Crippen molar-refractivity contribution in [3.05, 3.63) is 11.8 Å². The first kappa shape index (κ1) is 79.4. The maximum atomic E-state index is 14.4. The topological polar surface area (TPSA) is 517 Å². The number of aliphatic carboxylic acids is 1. The Morgan fingerprint density at radius 1 is 0.648 bits per heavy atom. The number of nitrogens with one attached hydrogen (secondary N) is 10. The highest BCUT2D eigenvalue weighted by atomic mass is 35.5. The van der Waals surface area contributed by atoms with E-state index >= 15 is 0 Å². The van der Waals surface area contributed by atoms with Crippen LogP contribution in [0.2, 0.25) is 0 Å². The molecule has 0 unspecified atom stereocenters. The van der Waals surface area contributed by atoms with Crippen LogP contribution in [0.1, 0.15) is 130 Å². The third-order valence-electron chi connectivity index (χ3n) is 13.9. The van der Waals surface area contributed by atoms with Crippen LogP contribution in [-0.4, -0.2) is 233 Å². The highest BCUT2D eigenvalue weighted by molar-refractivity contribution is 6.18. The first-order valence-corrected chi connectivity index (χ1v) is 30.3. The number of carbonyl (C=O) groups is 12. The average Bonchev–Trinajstić information content (AvgIpc) is 3.68. The number of esters is 1. The second kappa shape index (κ2) is 43.9. The van der Waals surface area contributed by atoms with E-state index in [4.69, 9.17) is 33.5 Å². The number of hydrogen-bond donors (Lipinski definition) is 18. The van der Waals surface area contributed by atoms with Gasteiger partial charge in [-0.15, -0.1) is 11.6 Å². The van der Waals surface area contributed by atoms with E-state index in [1.165, 1.54) is 6.92 Å². The van der Waals surface area contributed by atoms with Gasteiger partial charge in [0.05, 0.1) is 37.0 Å². The van der Waals surface area contributed by atoms with Crippen molar-refractivity contribution in [1.82, 2.24) is 58.1 Å². The molecule has 1 aliphatic rings. The first-order valence-electron chi connectivity index (χ1n) is 29.8. The fourth-order valence-corrected chi connectivity index (χ4v) is 8.91. The smallest absolute Gasteiger partial charge is 0.335 e. The molecule has 0 saturated carbocycles. The molecule has 0 spiro atoms. The van der Waals surface area contributed by atoms with Crippen molar-refractivity contribution in [3.63, 3.8) is 0 Å². The van der Waals surface area contributed by atoms with Crippen molar-refractivity contribution in [1.29, 1.82) is 0 Å². The van der Waals surface area contributed by atoms with E-state index in [0.29, 0.717) is 19.4 Å². The molecule has 1 saturated heterocycles. The summed E-state index contributed by atoms with van der Waals surface area (Å²) in [4.78, 5) is 167. The van der Waals surface area contributed by atoms with Gasteiger partial charge in [-0.3, -0.25) is 47.9 Å². The number of cyclic esters (lactones) is 1. The molecule has 12 atom stereocenters. The molecule has 1 aliphatic heterocycles. The van der Waals surface area contributed by atoms with Crippen molar-refractivity contribution < 1.29 is 87.8 Å². The number of carbonyl (C=O) groups excluding carboxylic acids is 11. The van der Waals surface area contributed by atoms with E-state index in [1.54, 1.807) is 19.0 Å². The second-order valence-electron chi connectivity index (χ2n) is 21.6. The van der Waals surface area contributed by atoms with Gasteiger partial charge in [0.1, 0.15) is 54.6 Å². The van der Waals surface area contributed by atoms with Gasteiger partial charge in [0, 0.05) is 13.1 Å². The summed E-state index contributed by atoms with van der Waals surface area (Å²) in [5.74, 6) is -16.5. The molecule has 21 N–H and O–H groups in total. The van der Waals surface area contributed by atoms with Gasteiger partial charge < -0.3 is 106 Å². The maximum Gasteiger partial charge on any atom is 0.335 e. The molecule has 88 heavy (non-hydrogen) atoms. The fraction of sp³-hybridized carbons (Fsp3) is 0.745. The number of ether oxygens (including phenoxy) is 1. The number of hydrogen-bond acceptors (Lipinski definition) is 21. The summed E-state index contributed by atoms with van der Waals surface area (Å²) in [6.07, 6.45) is 0.300. The zero-order valence-electron chi connectivity index (χ0n) is 51.1. The molecule has 1 rings (SSSR count). The third-order valence-corrected chi connectivity index (χ3v) is 14.2. The lowest BCUT2D eigenvalue weighted by Gasteiger charge is -2.29. The molecule has 10 amide bonds. The van der Waals surface area contributed by atoms with Crippen LogP contribution in [0.15, 0.2) is 11.8 Å². The van der Waals surface area contributed by atoms with Gasteiger partial charge in [0.25, 0.3) is 5.91 Å². The third kappa shape index (κ3) is 30.5. The standard InChI is InChI=1S/C55H97ClN14O18/c1-6-8-9-10-11-12-13-14-15-18-32(72)27-41(75)61-38-30-88-55(87)43(39(73)29-56)68-53(84)44(45(76)54(85)86)69-46(77)33(7-2)62-52(83)42(31(3)71)67-49(80)36(21-24-59)64-47(78)34(19-16-17-22-57)63-50(81)37(28-40(74)60-25-26-70(4)5)66-48(79)35(20-23-58)65-51(38)82/h7,31-32,34-39,42-45,71-73,76H,6,8-30,57-59H2,1-5H3,(H,60,74)(H,61,75)(H,62,83)(H,63,81)(H,64,78)(H,65,82)(H,66,79)(H,67,80)(H,68,84)(H,69,77)(H,85,86)/b33-7-/t31-,32+,34-,35+,36-,37-,38-,39+,42-,43-,44-,45-/m0/s1. The van der Waals surface area contributed by atoms with E-state index in [1.807, 2.05) is 10.6 Å². The van der Waals surface area contributed by atoms with Crippen molar-refractivity contribution >= 4 is 82.6 Å². The Labute approximate surface area is 517 Å². The van der Waals surface area contributed by atoms with Gasteiger partial charge in [0.2, 0.25) is 53.2 Å². The number of unbranched alkanes of at least 4 members (excludes halogenated alkanes) is 9. The predicted octanol–water partition coefficient (Wildman–Crippen LogP) is -5.57. The maximum absolute atomic E-state index is 14.4. The highest BCUT2D eigenvalue weighted by Crippen LogP contribution is 2.14. The molecule has 0 aromatic heterocycles. The van der Waals surface area contributed by atoms with Crippen molar-refractivity contribution in [3.8, 4) is 0 Å². The predicted molar refractivity (Wildman–Crippen MR) is 319 cm³/mol. The van der Waals surface area contributed by atoms with Crippen molar-refractivity contribution in [2.45, 2.75) is 203 Å². The minimum Gasteiger partial charge on any atom is -0.479 e. The van der Waals surface area contributed by atoms with Gasteiger partial charge in [-0.05, 0) is 86.1 Å². The average molecular weight is 1280 g/mol. The summed E-state index contributed by atoms with van der Waals surface area (Å²) in [6, 6.07) is -15.5. The second-order valence-corrected chi connectivity index (χ2v) is 21.9. The summed E-state index contributed by atoms with van der Waals surface area (Å²) < 4.78 is 5.34. The summed E-state index contributed by atoms with van der Waals surface area (Å²) >= 11 is 5.90. The van der Waals surface area contributed by atoms with Crippen LogP contribution in [0.5, 0.6) is 0 Å². The van der Waals surface area contributed by atoms with Gasteiger partial charge >= 0.3 is 11.9 Å². The minimum atomic E-state index is -2.83. The lowest BCUT2D eigenvalue weighted by Crippen LogP contribution is -2.62. The monoisotopic (exact) mass is 1280 g/mol. The number of allylic oxidation sites excluding steroid dienone is 1. The Balaban J connectivity index is 4.12. The number of aliphatic hydroxyl groups excluding tert-OH is 4. The van der Waals surface area contributed by atoms with Crippen LogP contribution in [0.4, 0.5) is 0 Å². The van der Waals surface area contributed by atoms with Gasteiger partial charge in [-0.25, -0.2) is 9.59 Å². The first-order chi connectivity index (χ1) is 41.7. The SMILES string of the molecule is C/C=C1\NC(=O)[C@H]([C@H](C)O)NC(=O)[C@H](CCN)NC(=O)[C@H](CCCCN)NC(=O)[C@H](CC(=O)NCCN(C)C)NC(=O)[C@@H](CCN)NC(=O)[C@@H](NC(=O)C[C@H](O)CCCCCCCCCCC)COC(=O)[C@H]([C@H](O)CCl)NC(=O)[C@H]([C@H](O)C(=O)O)NC1=O. The quantitative estimate of drug-likeness (QED) is 0.0133. The van der Waals surface area contributed by atoms with E-state index in [-0.39, 0.29) is 51.9 Å². The van der Waals surface area contributed by atoms with Crippen LogP contribution >= 0.6 is 11.6 Å². The summed E-state index contributed by atoms with van der Waals surface area (Å²) in [7, 11) is 3.46. The molecule has 1 heterocycles. The Morgan fingerprint density at radius 2 is 1.17 bits per heavy atom. The van der Waals surface area contributed by atoms with Gasteiger partial charge in [-0.2, -0.15) is 0 Å². The van der Waals surface area contributed by atoms with E-state index in [2.05, 4.69) is 49.5 Å². The fourth-order valence-electron chi connectivity index (χ4n) is 8.73. The lowest BCUT2D eigenvalue weighted by molar-refractivity contribution is -0.155. The van der Waals surface area contributed by atoms with E-state index in [0.717, 1.165) is 64.4 Å². The number of likely N-dealkylation sites (N-methyl/N-ethyl adjacent to an activating group) is 1. The van der Waals surface area contributed by atoms with Crippen LogP contribution in [-0.2, 0) is 62.3 Å². The van der Waals surface area contributed by atoms with Crippen molar-refractivity contribution in [2.24, 2.45) is 17.2 Å². The molecule has 0 aliphatic carbocycles. The largest absolute Gasteiger partial charge is 0.479 e. The number of aliphatic hydroxyl groups is 4. The minimum absolute atomic E-state index is 0.0817. The molecule has 0 aromatic carbocycles. The summed E-state index contributed by atoms with van der Waals surface area (Å²) in [5, 5.41) is 75.9. The van der Waals surface area contributed by atoms with Gasteiger partial charge in [0.15, 0.2) is 12.1 Å². The zero-order valence-corrected chi connectivity index (χ0v) is 51.8. The van der Waals surface area contributed by atoms with Crippen LogP contribution in [0, 0.1) is 0 Å². The summed E-state index contributed by atoms with van der Waals surface area (Å²) in [5.41, 5.74) is 16.7. The van der Waals surface area contributed by atoms with Crippen LogP contribution < -0.4 is 70.4 Å². The molecule has 1 fully saturated rings. The van der Waals surface area contributed by atoms with Crippen molar-refractivity contribution in [2.75, 3.05) is 59.3 Å². The number of alkyl halides is 1. The number of nitrogens with two attached hydrogens (primary N) is 3. The molecule has 0 aromatic rings. The van der Waals surface area contributed by atoms with Crippen LogP contribution in [0.3, 0.4) is 0 Å². The Kier molecular flexibility index (Phi) is 39.6. The summed E-state index contributed by atoms with van der Waals surface area (Å²) in [6.45, 7) is 3.18. The number of amides is 10. The van der Waals surface area contributed by atoms with E-state index in [9.17, 15) is 83.1 Å². The number of nitrogens with zero attached hydrogens (tertiary/aromatic N) is 1. The normalized spacial score (nSPS) is 23.8. The number of carboxylic acids is 1. The zero-order chi connectivity index (χ0) is 66.5. The van der Waals surface area contributed by atoms with Crippen LogP contribution in [0.25, 0.3) is 0 Å². The molecule has 0 radical (unpaired) electrons. The number of carboxylic acid groups (broad SMARTS) is 1. The molecular formula is C55H97ClN14O18. The molecule has 502 valence electrons. The van der Waals surface area contributed by atoms with Gasteiger partial charge in [-0.1, -0.05) is 70.8 Å². The molecular weight excluding hydrogens is 1180 g/mol.